The Morgan fingerprint density at radius 3 is 2.47 bits per heavy atom. The van der Waals surface area contributed by atoms with Crippen molar-refractivity contribution in [3.8, 4) is 0 Å². The molecule has 0 atom stereocenters. The first-order valence-corrected chi connectivity index (χ1v) is 7.08. The highest BCUT2D eigenvalue weighted by Gasteiger charge is 2.11. The van der Waals surface area contributed by atoms with Gasteiger partial charge in [-0.25, -0.2) is 4.39 Å². The standard InChI is InChI=1S/C14H10Br2FNO/c1-8-2-4-10(12(16)6-8)14(19)18-9-3-5-11(15)13(17)7-9/h2-7H,1H3,(H,18,19). The van der Waals surface area contributed by atoms with Crippen molar-refractivity contribution in [2.75, 3.05) is 5.32 Å². The second-order valence-corrected chi connectivity index (χ2v) is 5.77. The summed E-state index contributed by atoms with van der Waals surface area (Å²) in [5.74, 6) is -0.700. The summed E-state index contributed by atoms with van der Waals surface area (Å²) < 4.78 is 14.4. The SMILES string of the molecule is Cc1ccc(C(=O)Nc2ccc(Br)c(F)c2)c(Br)c1. The van der Waals surface area contributed by atoms with Crippen molar-refractivity contribution in [3.63, 3.8) is 0 Å². The Kier molecular flexibility index (Phi) is 4.37. The van der Waals surface area contributed by atoms with E-state index in [-0.39, 0.29) is 5.91 Å². The number of amides is 1. The summed E-state index contributed by atoms with van der Waals surface area (Å²) in [6.07, 6.45) is 0. The monoisotopic (exact) mass is 385 g/mol. The second-order valence-electron chi connectivity index (χ2n) is 4.07. The van der Waals surface area contributed by atoms with E-state index in [4.69, 9.17) is 0 Å². The molecule has 0 aromatic heterocycles. The molecule has 0 unspecified atom stereocenters. The van der Waals surface area contributed by atoms with E-state index in [1.165, 1.54) is 6.07 Å². The predicted molar refractivity (Wildman–Crippen MR) is 80.9 cm³/mol. The van der Waals surface area contributed by atoms with Crippen molar-refractivity contribution in [2.24, 2.45) is 0 Å². The highest BCUT2D eigenvalue weighted by atomic mass is 79.9. The molecule has 5 heteroatoms. The lowest BCUT2D eigenvalue weighted by Crippen LogP contribution is -2.12. The quantitative estimate of drug-likeness (QED) is 0.780. The molecule has 2 nitrogen and oxygen atoms in total. The Balaban J connectivity index is 2.23. The lowest BCUT2D eigenvalue weighted by molar-refractivity contribution is 0.102. The molecule has 2 rings (SSSR count). The number of anilines is 1. The van der Waals surface area contributed by atoms with Crippen LogP contribution in [0.5, 0.6) is 0 Å². The molecule has 0 aliphatic carbocycles. The van der Waals surface area contributed by atoms with Crippen molar-refractivity contribution in [2.45, 2.75) is 6.92 Å². The first-order chi connectivity index (χ1) is 8.97. The number of rotatable bonds is 2. The van der Waals surface area contributed by atoms with Gasteiger partial charge in [0.25, 0.3) is 5.91 Å². The average Bonchev–Trinajstić information content (AvgIpc) is 2.33. The Labute approximate surface area is 127 Å². The number of carbonyl (C=O) groups is 1. The molecule has 0 spiro atoms. The van der Waals surface area contributed by atoms with Crippen molar-refractivity contribution < 1.29 is 9.18 Å². The minimum absolute atomic E-state index is 0.284. The maximum atomic E-state index is 13.4. The van der Waals surface area contributed by atoms with Crippen LogP contribution in [0.4, 0.5) is 10.1 Å². The molecule has 0 radical (unpaired) electrons. The zero-order valence-corrected chi connectivity index (χ0v) is 13.2. The van der Waals surface area contributed by atoms with Gasteiger partial charge in [0.05, 0.1) is 10.0 Å². The molecule has 98 valence electrons. The highest BCUT2D eigenvalue weighted by molar-refractivity contribution is 9.10. The molecule has 2 aromatic carbocycles. The largest absolute Gasteiger partial charge is 0.322 e. The smallest absolute Gasteiger partial charge is 0.256 e. The van der Waals surface area contributed by atoms with E-state index in [2.05, 4.69) is 37.2 Å². The average molecular weight is 387 g/mol. The molecule has 0 bridgehead atoms. The van der Waals surface area contributed by atoms with E-state index in [1.807, 2.05) is 19.1 Å². The number of hydrogen-bond donors (Lipinski definition) is 1. The van der Waals surface area contributed by atoms with Gasteiger partial charge in [-0.1, -0.05) is 6.07 Å². The topological polar surface area (TPSA) is 29.1 Å². The molecule has 1 amide bonds. The lowest BCUT2D eigenvalue weighted by Gasteiger charge is -2.08. The second kappa shape index (κ2) is 5.84. The maximum Gasteiger partial charge on any atom is 0.256 e. The predicted octanol–water partition coefficient (Wildman–Crippen LogP) is 4.91. The molecule has 1 N–H and O–H groups in total. The Bertz CT molecular complexity index is 643. The normalized spacial score (nSPS) is 10.3. The van der Waals surface area contributed by atoms with Gasteiger partial charge in [0.1, 0.15) is 5.82 Å². The molecule has 0 fully saturated rings. The van der Waals surface area contributed by atoms with Crippen molar-refractivity contribution in [3.05, 3.63) is 62.3 Å². The summed E-state index contributed by atoms with van der Waals surface area (Å²) in [4.78, 5) is 12.1. The van der Waals surface area contributed by atoms with Gasteiger partial charge >= 0.3 is 0 Å². The molecule has 0 aliphatic heterocycles. The van der Waals surface area contributed by atoms with Crippen LogP contribution in [0.1, 0.15) is 15.9 Å². The van der Waals surface area contributed by atoms with Crippen LogP contribution in [0.25, 0.3) is 0 Å². The first kappa shape index (κ1) is 14.2. The zero-order valence-electron chi connectivity index (χ0n) is 10.0. The van der Waals surface area contributed by atoms with Gasteiger partial charge < -0.3 is 5.32 Å². The van der Waals surface area contributed by atoms with E-state index in [9.17, 15) is 9.18 Å². The maximum absolute atomic E-state index is 13.4. The summed E-state index contributed by atoms with van der Waals surface area (Å²) >= 11 is 6.41. The third kappa shape index (κ3) is 3.42. The third-order valence-electron chi connectivity index (χ3n) is 2.55. The number of nitrogens with one attached hydrogen (secondary N) is 1. The van der Waals surface area contributed by atoms with Gasteiger partial charge in [0, 0.05) is 10.2 Å². The van der Waals surface area contributed by atoms with Gasteiger partial charge in [-0.05, 0) is 74.7 Å². The van der Waals surface area contributed by atoms with Crippen LogP contribution in [0.2, 0.25) is 0 Å². The number of benzene rings is 2. The minimum Gasteiger partial charge on any atom is -0.322 e. The van der Waals surface area contributed by atoms with Crippen LogP contribution in [0, 0.1) is 12.7 Å². The fourth-order valence-corrected chi connectivity index (χ4v) is 2.50. The van der Waals surface area contributed by atoms with Crippen molar-refractivity contribution in [1.29, 1.82) is 0 Å². The fraction of sp³-hybridized carbons (Fsp3) is 0.0714. The lowest BCUT2D eigenvalue weighted by atomic mass is 10.1. The van der Waals surface area contributed by atoms with E-state index in [0.29, 0.717) is 20.2 Å². The van der Waals surface area contributed by atoms with E-state index >= 15 is 0 Å². The van der Waals surface area contributed by atoms with Crippen molar-refractivity contribution in [1.82, 2.24) is 0 Å². The Morgan fingerprint density at radius 2 is 1.84 bits per heavy atom. The first-order valence-electron chi connectivity index (χ1n) is 5.50. The van der Waals surface area contributed by atoms with Crippen molar-refractivity contribution >= 4 is 43.5 Å². The van der Waals surface area contributed by atoms with Gasteiger partial charge in [0.2, 0.25) is 0 Å². The fourth-order valence-electron chi connectivity index (χ4n) is 1.58. The van der Waals surface area contributed by atoms with Crippen LogP contribution >= 0.6 is 31.9 Å². The summed E-state index contributed by atoms with van der Waals surface area (Å²) in [7, 11) is 0. The van der Waals surface area contributed by atoms with E-state index < -0.39 is 5.82 Å². The van der Waals surface area contributed by atoms with Crippen LogP contribution in [0.3, 0.4) is 0 Å². The van der Waals surface area contributed by atoms with Gasteiger partial charge in [0.15, 0.2) is 0 Å². The van der Waals surface area contributed by atoms with Gasteiger partial charge in [-0.15, -0.1) is 0 Å². The zero-order chi connectivity index (χ0) is 14.0. The molecule has 19 heavy (non-hydrogen) atoms. The molecule has 0 aliphatic rings. The highest BCUT2D eigenvalue weighted by Crippen LogP contribution is 2.22. The van der Waals surface area contributed by atoms with E-state index in [1.54, 1.807) is 18.2 Å². The van der Waals surface area contributed by atoms with Crippen LogP contribution in [0.15, 0.2) is 45.3 Å². The Hall–Kier alpha value is -1.20. The Morgan fingerprint density at radius 1 is 1.11 bits per heavy atom. The van der Waals surface area contributed by atoms with Crippen LogP contribution in [-0.2, 0) is 0 Å². The molecule has 0 saturated carbocycles. The van der Waals surface area contributed by atoms with Gasteiger partial charge in [-0.2, -0.15) is 0 Å². The number of carbonyl (C=O) groups excluding carboxylic acids is 1. The third-order valence-corrected chi connectivity index (χ3v) is 3.85. The minimum atomic E-state index is -0.416. The van der Waals surface area contributed by atoms with E-state index in [0.717, 1.165) is 5.56 Å². The molecule has 2 aromatic rings. The summed E-state index contributed by atoms with van der Waals surface area (Å²) in [6.45, 7) is 1.94. The summed E-state index contributed by atoms with van der Waals surface area (Å²) in [5, 5.41) is 2.66. The van der Waals surface area contributed by atoms with Gasteiger partial charge in [-0.3, -0.25) is 4.79 Å². The molecule has 0 saturated heterocycles. The summed E-state index contributed by atoms with van der Waals surface area (Å²) in [6, 6.07) is 9.88. The molecular weight excluding hydrogens is 377 g/mol. The number of halogens is 3. The summed E-state index contributed by atoms with van der Waals surface area (Å²) in [5.41, 5.74) is 1.98. The van der Waals surface area contributed by atoms with Crippen LogP contribution < -0.4 is 5.32 Å². The molecule has 0 heterocycles. The number of hydrogen-bond acceptors (Lipinski definition) is 1. The number of aryl methyl sites for hydroxylation is 1. The molecular formula is C14H10Br2FNO. The van der Waals surface area contributed by atoms with Crippen LogP contribution in [-0.4, -0.2) is 5.91 Å².